The maximum absolute atomic E-state index is 14.1. The van der Waals surface area contributed by atoms with Crippen LogP contribution < -0.4 is 11.1 Å². The van der Waals surface area contributed by atoms with E-state index in [1.807, 2.05) is 6.07 Å². The van der Waals surface area contributed by atoms with Crippen LogP contribution in [0.3, 0.4) is 0 Å². The largest absolute Gasteiger partial charge is 0.346 e. The topological polar surface area (TPSA) is 55.1 Å². The molecule has 0 radical (unpaired) electrons. The van der Waals surface area contributed by atoms with Gasteiger partial charge in [0.25, 0.3) is 0 Å². The lowest BCUT2D eigenvalue weighted by Gasteiger charge is -2.43. The van der Waals surface area contributed by atoms with Gasteiger partial charge in [0.2, 0.25) is 5.91 Å². The number of amides is 1. The molecule has 0 aliphatic heterocycles. The number of carbonyl (C=O) groups excluding carboxylic acids is 1. The summed E-state index contributed by atoms with van der Waals surface area (Å²) in [5, 5.41) is 3.18. The second kappa shape index (κ2) is 6.64. The molecule has 132 valence electrons. The van der Waals surface area contributed by atoms with E-state index in [9.17, 15) is 9.18 Å². The smallest absolute Gasteiger partial charge is 0.223 e. The minimum Gasteiger partial charge on any atom is -0.346 e. The van der Waals surface area contributed by atoms with Crippen LogP contribution in [0.4, 0.5) is 4.39 Å². The lowest BCUT2D eigenvalue weighted by atomic mass is 9.65. The van der Waals surface area contributed by atoms with Crippen LogP contribution >= 0.6 is 12.4 Å². The summed E-state index contributed by atoms with van der Waals surface area (Å²) in [5.41, 5.74) is 6.49. The first-order valence-electron chi connectivity index (χ1n) is 8.92. The summed E-state index contributed by atoms with van der Waals surface area (Å²) in [6.07, 6.45) is 7.02. The quantitative estimate of drug-likeness (QED) is 0.874. The van der Waals surface area contributed by atoms with E-state index in [1.165, 1.54) is 12.5 Å². The first kappa shape index (κ1) is 17.7. The number of carbonyl (C=O) groups is 1. The normalized spacial score (nSPS) is 33.2. The van der Waals surface area contributed by atoms with Gasteiger partial charge in [-0.3, -0.25) is 4.79 Å². The van der Waals surface area contributed by atoms with Gasteiger partial charge in [0.15, 0.2) is 0 Å². The van der Waals surface area contributed by atoms with Crippen molar-refractivity contribution >= 4 is 18.3 Å². The Hall–Kier alpha value is -1.13. The molecule has 3 fully saturated rings. The molecule has 3 saturated carbocycles. The zero-order chi connectivity index (χ0) is 16.0. The van der Waals surface area contributed by atoms with Gasteiger partial charge in [-0.05, 0) is 56.4 Å². The average molecular weight is 353 g/mol. The molecule has 2 unspecified atom stereocenters. The van der Waals surface area contributed by atoms with Crippen molar-refractivity contribution in [2.24, 2.45) is 23.5 Å². The van der Waals surface area contributed by atoms with Crippen LogP contribution in [0.1, 0.15) is 50.5 Å². The number of nitrogens with two attached hydrogens (primary N) is 1. The summed E-state index contributed by atoms with van der Waals surface area (Å²) in [6, 6.07) is 7.09. The molecule has 1 aromatic carbocycles. The average Bonchev–Trinajstić information content (AvgIpc) is 3.27. The van der Waals surface area contributed by atoms with Crippen LogP contribution in [0.15, 0.2) is 24.3 Å². The number of halogens is 2. The van der Waals surface area contributed by atoms with Crippen LogP contribution in [0.5, 0.6) is 0 Å². The van der Waals surface area contributed by atoms with Crippen LogP contribution in [-0.4, -0.2) is 11.9 Å². The molecule has 1 amide bonds. The SMILES string of the molecule is Cl.NC1C2CCCC1CC(C(=O)NC1(c3ccccc3F)CC1)C2. The van der Waals surface area contributed by atoms with Crippen molar-refractivity contribution in [3.63, 3.8) is 0 Å². The molecule has 0 heterocycles. The van der Waals surface area contributed by atoms with Crippen LogP contribution in [0.25, 0.3) is 0 Å². The highest BCUT2D eigenvalue weighted by atomic mass is 35.5. The third-order valence-corrected chi connectivity index (χ3v) is 6.29. The Kier molecular flexibility index (Phi) is 4.89. The molecule has 0 aromatic heterocycles. The molecule has 24 heavy (non-hydrogen) atoms. The van der Waals surface area contributed by atoms with Gasteiger partial charge in [0.1, 0.15) is 5.82 Å². The summed E-state index contributed by atoms with van der Waals surface area (Å²) in [4.78, 5) is 12.8. The van der Waals surface area contributed by atoms with E-state index in [2.05, 4.69) is 5.32 Å². The minimum atomic E-state index is -0.461. The fourth-order valence-corrected chi connectivity index (χ4v) is 4.78. The Morgan fingerprint density at radius 2 is 1.79 bits per heavy atom. The van der Waals surface area contributed by atoms with Crippen molar-refractivity contribution in [2.75, 3.05) is 0 Å². The summed E-state index contributed by atoms with van der Waals surface area (Å²) in [7, 11) is 0. The molecule has 3 nitrogen and oxygen atoms in total. The molecule has 3 aliphatic carbocycles. The maximum atomic E-state index is 14.1. The van der Waals surface area contributed by atoms with Crippen molar-refractivity contribution < 1.29 is 9.18 Å². The van der Waals surface area contributed by atoms with Gasteiger partial charge < -0.3 is 11.1 Å². The van der Waals surface area contributed by atoms with Crippen molar-refractivity contribution in [3.05, 3.63) is 35.6 Å². The molecule has 3 aliphatic rings. The highest BCUT2D eigenvalue weighted by Gasteiger charge is 2.49. The zero-order valence-electron chi connectivity index (χ0n) is 13.8. The van der Waals surface area contributed by atoms with Crippen LogP contribution in [0, 0.1) is 23.6 Å². The number of nitrogens with one attached hydrogen (secondary N) is 1. The molecular formula is C19H26ClFN2O. The highest BCUT2D eigenvalue weighted by Crippen LogP contribution is 2.48. The highest BCUT2D eigenvalue weighted by molar-refractivity contribution is 5.85. The Bertz CT molecular complexity index is 605. The standard InChI is InChI=1S/C19H25FN2O.ClH/c20-16-7-2-1-6-15(16)19(8-9-19)22-18(23)14-10-12-4-3-5-13(11-14)17(12)21;/h1-2,6-7,12-14,17H,3-5,8-11,21H2,(H,22,23);1H. The number of fused-ring (bicyclic) bond motifs is 2. The van der Waals surface area contributed by atoms with Gasteiger partial charge in [-0.15, -0.1) is 12.4 Å². The van der Waals surface area contributed by atoms with E-state index >= 15 is 0 Å². The number of benzene rings is 1. The van der Waals surface area contributed by atoms with E-state index in [4.69, 9.17) is 5.73 Å². The van der Waals surface area contributed by atoms with Gasteiger partial charge in [0, 0.05) is 17.5 Å². The van der Waals surface area contributed by atoms with Gasteiger partial charge in [0.05, 0.1) is 5.54 Å². The predicted molar refractivity (Wildman–Crippen MR) is 94.2 cm³/mol. The second-order valence-electron chi connectivity index (χ2n) is 7.75. The van der Waals surface area contributed by atoms with Crippen LogP contribution in [-0.2, 0) is 10.3 Å². The molecule has 1 aromatic rings. The van der Waals surface area contributed by atoms with E-state index in [-0.39, 0.29) is 36.1 Å². The summed E-state index contributed by atoms with van der Waals surface area (Å²) < 4.78 is 14.1. The molecule has 5 heteroatoms. The second-order valence-corrected chi connectivity index (χ2v) is 7.75. The Labute approximate surface area is 149 Å². The first-order chi connectivity index (χ1) is 11.1. The third-order valence-electron chi connectivity index (χ3n) is 6.29. The molecule has 2 atom stereocenters. The Balaban J connectivity index is 0.00000169. The van der Waals surface area contributed by atoms with Gasteiger partial charge in [-0.2, -0.15) is 0 Å². The van der Waals surface area contributed by atoms with Gasteiger partial charge in [-0.1, -0.05) is 24.6 Å². The van der Waals surface area contributed by atoms with Crippen molar-refractivity contribution in [3.8, 4) is 0 Å². The predicted octanol–water partition coefficient (Wildman–Crippen LogP) is 3.51. The molecule has 4 rings (SSSR count). The van der Waals surface area contributed by atoms with Gasteiger partial charge in [-0.25, -0.2) is 4.39 Å². The van der Waals surface area contributed by atoms with Crippen molar-refractivity contribution in [2.45, 2.75) is 56.5 Å². The maximum Gasteiger partial charge on any atom is 0.223 e. The Morgan fingerprint density at radius 3 is 2.38 bits per heavy atom. The first-order valence-corrected chi connectivity index (χ1v) is 8.92. The molecule has 0 spiro atoms. The van der Waals surface area contributed by atoms with E-state index < -0.39 is 5.54 Å². The summed E-state index contributed by atoms with van der Waals surface area (Å²) in [6.45, 7) is 0. The Morgan fingerprint density at radius 1 is 1.17 bits per heavy atom. The lowest BCUT2D eigenvalue weighted by Crippen LogP contribution is -2.50. The van der Waals surface area contributed by atoms with E-state index in [0.717, 1.165) is 38.5 Å². The monoisotopic (exact) mass is 352 g/mol. The van der Waals surface area contributed by atoms with E-state index in [1.54, 1.807) is 12.1 Å². The minimum absolute atomic E-state index is 0. The molecule has 0 saturated heterocycles. The van der Waals surface area contributed by atoms with E-state index in [0.29, 0.717) is 17.4 Å². The fraction of sp³-hybridized carbons (Fsp3) is 0.632. The summed E-state index contributed by atoms with van der Waals surface area (Å²) >= 11 is 0. The third kappa shape index (κ3) is 3.06. The van der Waals surface area contributed by atoms with Gasteiger partial charge >= 0.3 is 0 Å². The van der Waals surface area contributed by atoms with Crippen LogP contribution in [0.2, 0.25) is 0 Å². The number of hydrogen-bond donors (Lipinski definition) is 2. The zero-order valence-corrected chi connectivity index (χ0v) is 14.7. The molecular weight excluding hydrogens is 327 g/mol. The fourth-order valence-electron chi connectivity index (χ4n) is 4.78. The van der Waals surface area contributed by atoms with Crippen molar-refractivity contribution in [1.29, 1.82) is 0 Å². The number of hydrogen-bond acceptors (Lipinski definition) is 2. The lowest BCUT2D eigenvalue weighted by molar-refractivity contribution is -0.129. The number of rotatable bonds is 3. The molecule has 3 N–H and O–H groups in total. The molecule has 2 bridgehead atoms. The van der Waals surface area contributed by atoms with Crippen molar-refractivity contribution in [1.82, 2.24) is 5.32 Å². The summed E-state index contributed by atoms with van der Waals surface area (Å²) in [5.74, 6) is 0.917.